The Labute approximate surface area is 205 Å². The lowest BCUT2D eigenvalue weighted by Crippen LogP contribution is -2.41. The number of hydrogen-bond donors (Lipinski definition) is 1. The Balaban J connectivity index is 1.82. The largest absolute Gasteiger partial charge is 0.348 e. The van der Waals surface area contributed by atoms with Crippen LogP contribution in [0.2, 0.25) is 0 Å². The first kappa shape index (κ1) is 25.0. The zero-order valence-corrected chi connectivity index (χ0v) is 21.7. The molecule has 1 N–H and O–H groups in total. The van der Waals surface area contributed by atoms with E-state index in [-0.39, 0.29) is 28.8 Å². The second kappa shape index (κ2) is 10.1. The number of nitrogens with zero attached hydrogens (tertiary/aromatic N) is 1. The normalized spacial score (nSPS) is 12.8. The fourth-order valence-corrected chi connectivity index (χ4v) is 5.12. The lowest BCUT2D eigenvalue weighted by atomic mass is 9.86. The summed E-state index contributed by atoms with van der Waals surface area (Å²) in [5, 5.41) is 2.94. The van der Waals surface area contributed by atoms with Crippen LogP contribution >= 0.6 is 15.9 Å². The summed E-state index contributed by atoms with van der Waals surface area (Å²) in [6.07, 6.45) is 0. The lowest BCUT2D eigenvalue weighted by Gasteiger charge is -2.25. The summed E-state index contributed by atoms with van der Waals surface area (Å²) in [6.45, 7) is 8.01. The van der Waals surface area contributed by atoms with Gasteiger partial charge in [-0.3, -0.25) is 9.10 Å². The van der Waals surface area contributed by atoms with Crippen LogP contribution in [0.15, 0.2) is 88.2 Å². The third kappa shape index (κ3) is 6.24. The summed E-state index contributed by atoms with van der Waals surface area (Å²) in [5.74, 6) is -0.384. The number of anilines is 1. The lowest BCUT2D eigenvalue weighted by molar-refractivity contribution is -0.120. The maximum absolute atomic E-state index is 13.4. The van der Waals surface area contributed by atoms with Crippen LogP contribution in [0.25, 0.3) is 0 Å². The second-order valence-electron chi connectivity index (χ2n) is 8.96. The Bertz CT molecular complexity index is 1190. The SMILES string of the molecule is C[C@@H](NC(=O)CN(c1ccc(Br)cc1)S(=O)(=O)c1ccccc1)c1ccc(C(C)(C)C)cc1. The monoisotopic (exact) mass is 528 g/mol. The average molecular weight is 530 g/mol. The Hall–Kier alpha value is -2.64. The highest BCUT2D eigenvalue weighted by Gasteiger charge is 2.27. The van der Waals surface area contributed by atoms with Gasteiger partial charge in [0.2, 0.25) is 5.91 Å². The summed E-state index contributed by atoms with van der Waals surface area (Å²) in [6, 6.07) is 22.8. The molecule has 3 aromatic carbocycles. The number of amides is 1. The molecular formula is C26H29BrN2O3S. The number of carbonyl (C=O) groups is 1. The quantitative estimate of drug-likeness (QED) is 0.420. The second-order valence-corrected chi connectivity index (χ2v) is 11.7. The van der Waals surface area contributed by atoms with Gasteiger partial charge in [-0.15, -0.1) is 0 Å². The Kier molecular flexibility index (Phi) is 7.65. The molecule has 0 radical (unpaired) electrons. The van der Waals surface area contributed by atoms with Crippen molar-refractivity contribution in [3.8, 4) is 0 Å². The minimum absolute atomic E-state index is 0.0436. The molecule has 0 heterocycles. The van der Waals surface area contributed by atoms with Crippen molar-refractivity contribution in [1.82, 2.24) is 5.32 Å². The molecule has 0 unspecified atom stereocenters. The summed E-state index contributed by atoms with van der Waals surface area (Å²) in [7, 11) is -3.93. The first-order valence-electron chi connectivity index (χ1n) is 10.7. The number of carbonyl (C=O) groups excluding carboxylic acids is 1. The van der Waals surface area contributed by atoms with E-state index in [1.807, 2.05) is 19.1 Å². The van der Waals surface area contributed by atoms with Crippen LogP contribution in [0.5, 0.6) is 0 Å². The first-order chi connectivity index (χ1) is 15.5. The molecule has 0 saturated heterocycles. The third-order valence-electron chi connectivity index (χ3n) is 5.39. The summed E-state index contributed by atoms with van der Waals surface area (Å²) in [4.78, 5) is 13.1. The van der Waals surface area contributed by atoms with Crippen molar-refractivity contribution in [2.24, 2.45) is 0 Å². The highest BCUT2D eigenvalue weighted by Crippen LogP contribution is 2.26. The van der Waals surface area contributed by atoms with Gasteiger partial charge in [-0.05, 0) is 59.9 Å². The number of hydrogen-bond acceptors (Lipinski definition) is 3. The number of benzene rings is 3. The molecular weight excluding hydrogens is 500 g/mol. The fraction of sp³-hybridized carbons (Fsp3) is 0.269. The third-order valence-corrected chi connectivity index (χ3v) is 7.70. The van der Waals surface area contributed by atoms with Crippen LogP contribution in [0, 0.1) is 0 Å². The highest BCUT2D eigenvalue weighted by molar-refractivity contribution is 9.10. The van der Waals surface area contributed by atoms with Crippen molar-refractivity contribution >= 4 is 37.5 Å². The molecule has 1 amide bonds. The van der Waals surface area contributed by atoms with Gasteiger partial charge in [-0.1, -0.05) is 79.2 Å². The number of halogens is 1. The van der Waals surface area contributed by atoms with Crippen molar-refractivity contribution in [2.45, 2.75) is 44.0 Å². The molecule has 0 aliphatic heterocycles. The standard InChI is InChI=1S/C26H29BrN2O3S/c1-19(20-10-12-21(13-11-20)26(2,3)4)28-25(30)18-29(23-16-14-22(27)15-17-23)33(31,32)24-8-6-5-7-9-24/h5-17,19H,18H2,1-4H3,(H,28,30)/t19-/m1/s1. The van der Waals surface area contributed by atoms with Gasteiger partial charge in [0.25, 0.3) is 10.0 Å². The predicted molar refractivity (Wildman–Crippen MR) is 137 cm³/mol. The summed E-state index contributed by atoms with van der Waals surface area (Å²) >= 11 is 3.37. The number of rotatable bonds is 7. The molecule has 0 aromatic heterocycles. The van der Waals surface area contributed by atoms with E-state index in [1.54, 1.807) is 42.5 Å². The molecule has 0 bridgehead atoms. The van der Waals surface area contributed by atoms with Crippen molar-refractivity contribution in [3.05, 3.63) is 94.5 Å². The Morgan fingerprint density at radius 1 is 0.939 bits per heavy atom. The molecule has 3 aromatic rings. The van der Waals surface area contributed by atoms with Gasteiger partial charge in [-0.2, -0.15) is 0 Å². The van der Waals surface area contributed by atoms with Crippen LogP contribution in [0.3, 0.4) is 0 Å². The van der Waals surface area contributed by atoms with Crippen LogP contribution in [-0.4, -0.2) is 20.9 Å². The van der Waals surface area contributed by atoms with Crippen LogP contribution in [-0.2, 0) is 20.2 Å². The number of nitrogens with one attached hydrogen (secondary N) is 1. The predicted octanol–water partition coefficient (Wildman–Crippen LogP) is 5.82. The van der Waals surface area contributed by atoms with E-state index in [1.165, 1.54) is 17.7 Å². The van der Waals surface area contributed by atoms with Crippen molar-refractivity contribution in [2.75, 3.05) is 10.8 Å². The molecule has 3 rings (SSSR count). The van der Waals surface area contributed by atoms with E-state index in [0.29, 0.717) is 5.69 Å². The van der Waals surface area contributed by atoms with Crippen molar-refractivity contribution in [3.63, 3.8) is 0 Å². The van der Waals surface area contributed by atoms with Crippen LogP contribution in [0.4, 0.5) is 5.69 Å². The smallest absolute Gasteiger partial charge is 0.264 e. The number of sulfonamides is 1. The molecule has 0 saturated carbocycles. The van der Waals surface area contributed by atoms with E-state index >= 15 is 0 Å². The first-order valence-corrected chi connectivity index (χ1v) is 12.9. The highest BCUT2D eigenvalue weighted by atomic mass is 79.9. The Morgan fingerprint density at radius 3 is 2.06 bits per heavy atom. The maximum atomic E-state index is 13.4. The van der Waals surface area contributed by atoms with E-state index in [2.05, 4.69) is 54.2 Å². The molecule has 0 aliphatic rings. The van der Waals surface area contributed by atoms with E-state index in [0.717, 1.165) is 14.3 Å². The molecule has 0 fully saturated rings. The molecule has 1 atom stereocenters. The van der Waals surface area contributed by atoms with Gasteiger partial charge in [0.05, 0.1) is 16.6 Å². The fourth-order valence-electron chi connectivity index (χ4n) is 3.41. The molecule has 174 valence electrons. The topological polar surface area (TPSA) is 66.5 Å². The van der Waals surface area contributed by atoms with Crippen LogP contribution < -0.4 is 9.62 Å². The summed E-state index contributed by atoms with van der Waals surface area (Å²) in [5.41, 5.74) is 2.62. The van der Waals surface area contributed by atoms with Gasteiger partial charge < -0.3 is 5.32 Å². The average Bonchev–Trinajstić information content (AvgIpc) is 2.78. The van der Waals surface area contributed by atoms with Gasteiger partial charge in [0.1, 0.15) is 6.54 Å². The van der Waals surface area contributed by atoms with E-state index in [4.69, 9.17) is 0 Å². The maximum Gasteiger partial charge on any atom is 0.264 e. The Morgan fingerprint density at radius 2 is 1.52 bits per heavy atom. The molecule has 33 heavy (non-hydrogen) atoms. The minimum atomic E-state index is -3.93. The zero-order chi connectivity index (χ0) is 24.2. The molecule has 7 heteroatoms. The van der Waals surface area contributed by atoms with Gasteiger partial charge >= 0.3 is 0 Å². The minimum Gasteiger partial charge on any atom is -0.348 e. The van der Waals surface area contributed by atoms with Gasteiger partial charge in [0, 0.05) is 4.47 Å². The van der Waals surface area contributed by atoms with E-state index < -0.39 is 10.0 Å². The van der Waals surface area contributed by atoms with Crippen molar-refractivity contribution < 1.29 is 13.2 Å². The molecule has 0 spiro atoms. The molecule has 0 aliphatic carbocycles. The summed E-state index contributed by atoms with van der Waals surface area (Å²) < 4.78 is 28.7. The van der Waals surface area contributed by atoms with E-state index in [9.17, 15) is 13.2 Å². The zero-order valence-electron chi connectivity index (χ0n) is 19.2. The van der Waals surface area contributed by atoms with Crippen LogP contribution in [0.1, 0.15) is 44.9 Å². The molecule has 5 nitrogen and oxygen atoms in total. The van der Waals surface area contributed by atoms with Gasteiger partial charge in [-0.25, -0.2) is 8.42 Å². The van der Waals surface area contributed by atoms with Gasteiger partial charge in [0.15, 0.2) is 0 Å². The van der Waals surface area contributed by atoms with Crippen molar-refractivity contribution in [1.29, 1.82) is 0 Å².